The number of fused-ring (bicyclic) bond motifs is 1. The molecule has 0 aromatic heterocycles. The first-order chi connectivity index (χ1) is 8.50. The molecule has 0 saturated carbocycles. The molecule has 1 aromatic rings. The first-order valence-electron chi connectivity index (χ1n) is 6.31. The molecule has 1 heterocycles. The molecule has 1 unspecified atom stereocenters. The molecule has 2 N–H and O–H groups in total. The lowest BCUT2D eigenvalue weighted by Gasteiger charge is -2.28. The van der Waals surface area contributed by atoms with Crippen LogP contribution < -0.4 is 14.8 Å². The number of benzene rings is 1. The van der Waals surface area contributed by atoms with Crippen LogP contribution in [0.1, 0.15) is 26.3 Å². The third kappa shape index (κ3) is 2.76. The van der Waals surface area contributed by atoms with Crippen molar-refractivity contribution in [2.24, 2.45) is 5.92 Å². The molecule has 100 valence electrons. The largest absolute Gasteiger partial charge is 0.454 e. The molecule has 0 aliphatic carbocycles. The van der Waals surface area contributed by atoms with Crippen LogP contribution in [0.4, 0.5) is 0 Å². The molecule has 1 aromatic carbocycles. The lowest BCUT2D eigenvalue weighted by molar-refractivity contribution is 0.0139. The van der Waals surface area contributed by atoms with Gasteiger partial charge in [-0.2, -0.15) is 0 Å². The minimum Gasteiger partial charge on any atom is -0.454 e. The van der Waals surface area contributed by atoms with Crippen molar-refractivity contribution >= 4 is 0 Å². The number of hydrogen-bond donors (Lipinski definition) is 2. The molecule has 1 aliphatic rings. The molecule has 1 aliphatic heterocycles. The van der Waals surface area contributed by atoms with E-state index < -0.39 is 5.60 Å². The number of rotatable bonds is 5. The van der Waals surface area contributed by atoms with Gasteiger partial charge in [0.2, 0.25) is 6.79 Å². The summed E-state index contributed by atoms with van der Waals surface area (Å²) < 4.78 is 10.8. The van der Waals surface area contributed by atoms with E-state index in [4.69, 9.17) is 9.47 Å². The van der Waals surface area contributed by atoms with Crippen LogP contribution in [0.3, 0.4) is 0 Å². The zero-order chi connectivity index (χ0) is 13.2. The van der Waals surface area contributed by atoms with Crippen LogP contribution in [0.5, 0.6) is 11.5 Å². The smallest absolute Gasteiger partial charge is 0.231 e. The lowest BCUT2D eigenvalue weighted by atomic mass is 9.92. The van der Waals surface area contributed by atoms with Crippen molar-refractivity contribution in [3.05, 3.63) is 23.8 Å². The number of nitrogens with one attached hydrogen (secondary N) is 1. The van der Waals surface area contributed by atoms with Crippen LogP contribution in [0.25, 0.3) is 0 Å². The summed E-state index contributed by atoms with van der Waals surface area (Å²) in [6.07, 6.45) is 0. The Kier molecular flexibility index (Phi) is 3.78. The topological polar surface area (TPSA) is 50.7 Å². The van der Waals surface area contributed by atoms with E-state index in [1.54, 1.807) is 0 Å². The molecule has 4 nitrogen and oxygen atoms in total. The third-order valence-electron chi connectivity index (χ3n) is 3.52. The molecule has 0 amide bonds. The van der Waals surface area contributed by atoms with Crippen LogP contribution >= 0.6 is 0 Å². The fourth-order valence-electron chi connectivity index (χ4n) is 1.78. The summed E-state index contributed by atoms with van der Waals surface area (Å²) in [6, 6.07) is 5.85. The average molecular weight is 251 g/mol. The van der Waals surface area contributed by atoms with Gasteiger partial charge in [-0.25, -0.2) is 0 Å². The first-order valence-corrected chi connectivity index (χ1v) is 6.31. The predicted molar refractivity (Wildman–Crippen MR) is 69.7 cm³/mol. The average Bonchev–Trinajstić information content (AvgIpc) is 2.77. The first kappa shape index (κ1) is 13.2. The standard InChI is InChI=1S/C14H21NO3/c1-10(2)14(3,16)8-15-7-11-5-4-6-12-13(11)18-9-17-12/h4-6,10,15-16H,7-9H2,1-3H3. The maximum atomic E-state index is 10.1. The molecule has 2 rings (SSSR count). The van der Waals surface area contributed by atoms with E-state index in [0.29, 0.717) is 13.1 Å². The van der Waals surface area contributed by atoms with Gasteiger partial charge in [0.1, 0.15) is 0 Å². The second kappa shape index (κ2) is 5.16. The summed E-state index contributed by atoms with van der Waals surface area (Å²) in [4.78, 5) is 0. The van der Waals surface area contributed by atoms with Gasteiger partial charge < -0.3 is 19.9 Å². The van der Waals surface area contributed by atoms with E-state index in [-0.39, 0.29) is 12.7 Å². The minimum atomic E-state index is -0.699. The molecule has 0 spiro atoms. The van der Waals surface area contributed by atoms with Gasteiger partial charge in [0.05, 0.1) is 5.60 Å². The Morgan fingerprint density at radius 2 is 2.17 bits per heavy atom. The van der Waals surface area contributed by atoms with E-state index in [0.717, 1.165) is 17.1 Å². The summed E-state index contributed by atoms with van der Waals surface area (Å²) in [5, 5.41) is 13.4. The Morgan fingerprint density at radius 1 is 1.39 bits per heavy atom. The molecular weight excluding hydrogens is 230 g/mol. The molecule has 0 radical (unpaired) electrons. The van der Waals surface area contributed by atoms with Gasteiger partial charge in [-0.3, -0.25) is 0 Å². The molecule has 4 heteroatoms. The fraction of sp³-hybridized carbons (Fsp3) is 0.571. The van der Waals surface area contributed by atoms with E-state index >= 15 is 0 Å². The summed E-state index contributed by atoms with van der Waals surface area (Å²) >= 11 is 0. The Balaban J connectivity index is 1.94. The van der Waals surface area contributed by atoms with Gasteiger partial charge >= 0.3 is 0 Å². The Bertz CT molecular complexity index is 416. The minimum absolute atomic E-state index is 0.214. The van der Waals surface area contributed by atoms with Crippen LogP contribution in [0.2, 0.25) is 0 Å². The SMILES string of the molecule is CC(C)C(C)(O)CNCc1cccc2c1OCO2. The molecule has 0 fully saturated rings. The number of para-hydroxylation sites is 1. The predicted octanol–water partition coefficient (Wildman–Crippen LogP) is 1.91. The van der Waals surface area contributed by atoms with Crippen molar-refractivity contribution in [1.82, 2.24) is 5.32 Å². The monoisotopic (exact) mass is 251 g/mol. The summed E-state index contributed by atoms with van der Waals surface area (Å²) in [5.41, 5.74) is 0.361. The Morgan fingerprint density at radius 3 is 2.89 bits per heavy atom. The molecule has 0 saturated heterocycles. The van der Waals surface area contributed by atoms with E-state index in [2.05, 4.69) is 5.32 Å². The molecule has 0 bridgehead atoms. The van der Waals surface area contributed by atoms with Crippen molar-refractivity contribution < 1.29 is 14.6 Å². The van der Waals surface area contributed by atoms with Gasteiger partial charge in [-0.1, -0.05) is 26.0 Å². The van der Waals surface area contributed by atoms with E-state index in [9.17, 15) is 5.11 Å². The molecular formula is C14H21NO3. The highest BCUT2D eigenvalue weighted by molar-refractivity contribution is 5.48. The number of hydrogen-bond acceptors (Lipinski definition) is 4. The van der Waals surface area contributed by atoms with Crippen LogP contribution in [-0.4, -0.2) is 24.0 Å². The van der Waals surface area contributed by atoms with Gasteiger partial charge in [0.25, 0.3) is 0 Å². The van der Waals surface area contributed by atoms with Crippen molar-refractivity contribution in [1.29, 1.82) is 0 Å². The lowest BCUT2D eigenvalue weighted by Crippen LogP contribution is -2.41. The highest BCUT2D eigenvalue weighted by Crippen LogP contribution is 2.35. The van der Waals surface area contributed by atoms with Gasteiger partial charge in [0, 0.05) is 18.7 Å². The zero-order valence-corrected chi connectivity index (χ0v) is 11.2. The van der Waals surface area contributed by atoms with Crippen LogP contribution in [0.15, 0.2) is 18.2 Å². The summed E-state index contributed by atoms with van der Waals surface area (Å²) in [5.74, 6) is 1.82. The maximum Gasteiger partial charge on any atom is 0.231 e. The normalized spacial score (nSPS) is 16.9. The summed E-state index contributed by atoms with van der Waals surface area (Å²) in [6.45, 7) is 7.37. The van der Waals surface area contributed by atoms with Gasteiger partial charge in [-0.15, -0.1) is 0 Å². The summed E-state index contributed by atoms with van der Waals surface area (Å²) in [7, 11) is 0. The molecule has 18 heavy (non-hydrogen) atoms. The fourth-order valence-corrected chi connectivity index (χ4v) is 1.78. The third-order valence-corrected chi connectivity index (χ3v) is 3.52. The molecule has 1 atom stereocenters. The second-order valence-corrected chi connectivity index (χ2v) is 5.27. The maximum absolute atomic E-state index is 10.1. The second-order valence-electron chi connectivity index (χ2n) is 5.27. The van der Waals surface area contributed by atoms with Gasteiger partial charge in [-0.05, 0) is 18.9 Å². The van der Waals surface area contributed by atoms with Gasteiger partial charge in [0.15, 0.2) is 11.5 Å². The van der Waals surface area contributed by atoms with E-state index in [1.165, 1.54) is 0 Å². The Hall–Kier alpha value is -1.26. The van der Waals surface area contributed by atoms with Crippen LogP contribution in [-0.2, 0) is 6.54 Å². The van der Waals surface area contributed by atoms with Crippen molar-refractivity contribution in [3.63, 3.8) is 0 Å². The quantitative estimate of drug-likeness (QED) is 0.839. The number of ether oxygens (including phenoxy) is 2. The Labute approximate surface area is 108 Å². The van der Waals surface area contributed by atoms with Crippen LogP contribution in [0, 0.1) is 5.92 Å². The zero-order valence-electron chi connectivity index (χ0n) is 11.2. The van der Waals surface area contributed by atoms with Crippen molar-refractivity contribution in [2.45, 2.75) is 32.9 Å². The highest BCUT2D eigenvalue weighted by atomic mass is 16.7. The highest BCUT2D eigenvalue weighted by Gasteiger charge is 2.24. The van der Waals surface area contributed by atoms with E-state index in [1.807, 2.05) is 39.0 Å². The number of aliphatic hydroxyl groups is 1. The van der Waals surface area contributed by atoms with Crippen molar-refractivity contribution in [2.75, 3.05) is 13.3 Å². The van der Waals surface area contributed by atoms with Crippen molar-refractivity contribution in [3.8, 4) is 11.5 Å².